The van der Waals surface area contributed by atoms with E-state index in [1.807, 2.05) is 0 Å². The summed E-state index contributed by atoms with van der Waals surface area (Å²) in [6, 6.07) is 0. The maximum Gasteiger partial charge on any atom is 0.306 e. The highest BCUT2D eigenvalue weighted by atomic mass is 16.6. The topological polar surface area (TPSA) is 78.9 Å². The highest BCUT2D eigenvalue weighted by Crippen LogP contribution is 2.17. The van der Waals surface area contributed by atoms with Gasteiger partial charge in [0.15, 0.2) is 6.10 Å². The summed E-state index contributed by atoms with van der Waals surface area (Å²) in [6.45, 7) is 6.62. The van der Waals surface area contributed by atoms with Crippen LogP contribution in [0.25, 0.3) is 0 Å². The Kier molecular flexibility index (Phi) is 57.7. The highest BCUT2D eigenvalue weighted by Gasteiger charge is 2.19. The van der Waals surface area contributed by atoms with E-state index in [9.17, 15) is 14.4 Å². The van der Waals surface area contributed by atoms with Crippen LogP contribution in [0.4, 0.5) is 0 Å². The van der Waals surface area contributed by atoms with Crippen molar-refractivity contribution in [3.05, 3.63) is 48.6 Å². The van der Waals surface area contributed by atoms with Crippen molar-refractivity contribution in [2.24, 2.45) is 0 Å². The van der Waals surface area contributed by atoms with E-state index in [1.54, 1.807) is 0 Å². The van der Waals surface area contributed by atoms with Crippen molar-refractivity contribution in [1.82, 2.24) is 0 Å². The zero-order valence-corrected chi connectivity index (χ0v) is 47.5. The van der Waals surface area contributed by atoms with Crippen LogP contribution in [0.15, 0.2) is 48.6 Å². The predicted octanol–water partition coefficient (Wildman–Crippen LogP) is 21.0. The smallest absolute Gasteiger partial charge is 0.306 e. The monoisotopic (exact) mass is 995 g/mol. The number of rotatable bonds is 57. The molecule has 0 radical (unpaired) electrons. The lowest BCUT2D eigenvalue weighted by Crippen LogP contribution is -2.30. The molecule has 0 unspecified atom stereocenters. The maximum atomic E-state index is 12.9. The quantitative estimate of drug-likeness (QED) is 0.0261. The molecule has 0 fully saturated rings. The first-order chi connectivity index (χ1) is 35.0. The van der Waals surface area contributed by atoms with Gasteiger partial charge in [-0.15, -0.1) is 0 Å². The van der Waals surface area contributed by atoms with Gasteiger partial charge in [-0.1, -0.05) is 275 Å². The third kappa shape index (κ3) is 58.1. The van der Waals surface area contributed by atoms with Gasteiger partial charge in [0.05, 0.1) is 0 Å². The molecule has 0 aliphatic rings. The van der Waals surface area contributed by atoms with E-state index in [4.69, 9.17) is 14.2 Å². The van der Waals surface area contributed by atoms with Gasteiger partial charge in [0, 0.05) is 19.3 Å². The zero-order chi connectivity index (χ0) is 51.4. The summed E-state index contributed by atoms with van der Waals surface area (Å²) in [5.41, 5.74) is 0. The van der Waals surface area contributed by atoms with Gasteiger partial charge in [0.1, 0.15) is 13.2 Å². The molecule has 0 N–H and O–H groups in total. The Labute approximate surface area is 441 Å². The van der Waals surface area contributed by atoms with Crippen LogP contribution in [0.1, 0.15) is 329 Å². The standard InChI is InChI=1S/C65H118O6/c1-4-7-10-13-16-19-22-25-28-30-31-32-33-35-38-40-43-46-49-52-55-58-64(67)70-61-62(71-65(68)59-56-53-50-47-44-41-36-27-24-21-18-15-12-9-6-3)60-69-63(66)57-54-51-48-45-42-39-37-34-29-26-23-20-17-14-11-8-5-2/h18,21,25,27-28,36,44,47,62H,4-17,19-20,22-24,26,29-35,37-43,45-46,48-61H2,1-3H3/b21-18-,28-25-,36-27-,47-44-/t62-/m0/s1. The summed E-state index contributed by atoms with van der Waals surface area (Å²) in [6.07, 6.45) is 74.0. The summed E-state index contributed by atoms with van der Waals surface area (Å²) < 4.78 is 16.9. The van der Waals surface area contributed by atoms with E-state index in [-0.39, 0.29) is 37.5 Å². The van der Waals surface area contributed by atoms with Gasteiger partial charge in [0.2, 0.25) is 0 Å². The lowest BCUT2D eigenvalue weighted by molar-refractivity contribution is -0.167. The Hall–Kier alpha value is -2.63. The molecule has 0 aromatic heterocycles. The first-order valence-corrected chi connectivity index (χ1v) is 31.1. The predicted molar refractivity (Wildman–Crippen MR) is 307 cm³/mol. The molecule has 0 amide bonds. The van der Waals surface area contributed by atoms with Crippen molar-refractivity contribution in [2.45, 2.75) is 335 Å². The van der Waals surface area contributed by atoms with Crippen molar-refractivity contribution in [3.63, 3.8) is 0 Å². The highest BCUT2D eigenvalue weighted by molar-refractivity contribution is 5.71. The van der Waals surface area contributed by atoms with Crippen LogP contribution in [0.3, 0.4) is 0 Å². The van der Waals surface area contributed by atoms with Gasteiger partial charge in [-0.25, -0.2) is 0 Å². The second-order valence-electron chi connectivity index (χ2n) is 21.0. The summed E-state index contributed by atoms with van der Waals surface area (Å²) in [5.74, 6) is -0.905. The van der Waals surface area contributed by atoms with Crippen LogP contribution in [0, 0.1) is 0 Å². The zero-order valence-electron chi connectivity index (χ0n) is 47.5. The molecular weight excluding hydrogens is 877 g/mol. The van der Waals surface area contributed by atoms with Crippen LogP contribution < -0.4 is 0 Å². The SMILES string of the molecule is CCCCC/C=C\C/C=C\C/C=C\CCCCC(=O)O[C@H](COC(=O)CCCCCCCCCCCCC/C=C\CCCCCCCC)COC(=O)CCCCCCCCCCCCCCCCCCC. The maximum absolute atomic E-state index is 12.9. The van der Waals surface area contributed by atoms with Crippen molar-refractivity contribution >= 4 is 17.9 Å². The van der Waals surface area contributed by atoms with Gasteiger partial charge >= 0.3 is 17.9 Å². The van der Waals surface area contributed by atoms with Gasteiger partial charge < -0.3 is 14.2 Å². The molecule has 71 heavy (non-hydrogen) atoms. The van der Waals surface area contributed by atoms with E-state index in [1.165, 1.54) is 218 Å². The summed E-state index contributed by atoms with van der Waals surface area (Å²) >= 11 is 0. The second kappa shape index (κ2) is 59.9. The average Bonchev–Trinajstić information content (AvgIpc) is 3.37. The van der Waals surface area contributed by atoms with Gasteiger partial charge in [-0.05, 0) is 83.5 Å². The van der Waals surface area contributed by atoms with Crippen LogP contribution in [0.2, 0.25) is 0 Å². The number of allylic oxidation sites excluding steroid dienone is 8. The molecule has 0 rings (SSSR count). The van der Waals surface area contributed by atoms with E-state index in [0.717, 1.165) is 64.2 Å². The largest absolute Gasteiger partial charge is 0.462 e. The number of carbonyl (C=O) groups excluding carboxylic acids is 3. The number of hydrogen-bond acceptors (Lipinski definition) is 6. The number of esters is 3. The lowest BCUT2D eigenvalue weighted by atomic mass is 10.0. The third-order valence-electron chi connectivity index (χ3n) is 13.8. The number of hydrogen-bond donors (Lipinski definition) is 0. The average molecular weight is 996 g/mol. The van der Waals surface area contributed by atoms with E-state index in [2.05, 4.69) is 69.4 Å². The van der Waals surface area contributed by atoms with Gasteiger partial charge in [-0.3, -0.25) is 14.4 Å². The molecule has 6 heteroatoms. The number of carbonyl (C=O) groups is 3. The fourth-order valence-corrected chi connectivity index (χ4v) is 9.09. The normalized spacial score (nSPS) is 12.3. The van der Waals surface area contributed by atoms with E-state index < -0.39 is 6.10 Å². The first kappa shape index (κ1) is 68.4. The van der Waals surface area contributed by atoms with Crippen molar-refractivity contribution in [2.75, 3.05) is 13.2 Å². The molecule has 0 aromatic carbocycles. The number of unbranched alkanes of at least 4 members (excludes halogenated alkanes) is 38. The summed E-state index contributed by atoms with van der Waals surface area (Å²) in [7, 11) is 0. The molecule has 0 heterocycles. The fraction of sp³-hybridized carbons (Fsp3) is 0.831. The molecule has 6 nitrogen and oxygen atoms in total. The Morgan fingerprint density at radius 3 is 0.859 bits per heavy atom. The molecule has 0 aromatic rings. The minimum absolute atomic E-state index is 0.0849. The van der Waals surface area contributed by atoms with Crippen molar-refractivity contribution < 1.29 is 28.6 Å². The molecule has 0 saturated heterocycles. The van der Waals surface area contributed by atoms with Crippen LogP contribution in [0.5, 0.6) is 0 Å². The van der Waals surface area contributed by atoms with Gasteiger partial charge in [-0.2, -0.15) is 0 Å². The van der Waals surface area contributed by atoms with E-state index in [0.29, 0.717) is 19.3 Å². The summed E-state index contributed by atoms with van der Waals surface area (Å²) in [4.78, 5) is 38.2. The fourth-order valence-electron chi connectivity index (χ4n) is 9.09. The minimum atomic E-state index is -0.791. The minimum Gasteiger partial charge on any atom is -0.462 e. The summed E-state index contributed by atoms with van der Waals surface area (Å²) in [5, 5.41) is 0. The van der Waals surface area contributed by atoms with Crippen LogP contribution in [-0.2, 0) is 28.6 Å². The number of ether oxygens (including phenoxy) is 3. The van der Waals surface area contributed by atoms with Gasteiger partial charge in [0.25, 0.3) is 0 Å². The first-order valence-electron chi connectivity index (χ1n) is 31.1. The molecule has 0 spiro atoms. The second-order valence-corrected chi connectivity index (χ2v) is 21.0. The van der Waals surface area contributed by atoms with Crippen molar-refractivity contribution in [1.29, 1.82) is 0 Å². The Bertz CT molecular complexity index is 1230. The molecule has 1 atom stereocenters. The molecule has 414 valence electrons. The molecule has 0 saturated carbocycles. The van der Waals surface area contributed by atoms with Crippen molar-refractivity contribution in [3.8, 4) is 0 Å². The molecule has 0 bridgehead atoms. The lowest BCUT2D eigenvalue weighted by Gasteiger charge is -2.18. The molecule has 0 aliphatic heterocycles. The van der Waals surface area contributed by atoms with Crippen LogP contribution in [-0.4, -0.2) is 37.2 Å². The molecular formula is C65H118O6. The van der Waals surface area contributed by atoms with E-state index >= 15 is 0 Å². The Morgan fingerprint density at radius 1 is 0.282 bits per heavy atom. The molecule has 0 aliphatic carbocycles. The Balaban J connectivity index is 4.35. The third-order valence-corrected chi connectivity index (χ3v) is 13.8. The van der Waals surface area contributed by atoms with Crippen LogP contribution >= 0.6 is 0 Å². The Morgan fingerprint density at radius 2 is 0.507 bits per heavy atom.